The van der Waals surface area contributed by atoms with Gasteiger partial charge in [0.2, 0.25) is 5.91 Å². The van der Waals surface area contributed by atoms with E-state index in [1.807, 2.05) is 0 Å². The highest BCUT2D eigenvalue weighted by Gasteiger charge is 2.14. The van der Waals surface area contributed by atoms with E-state index in [2.05, 4.69) is 22.5 Å². The van der Waals surface area contributed by atoms with E-state index >= 15 is 0 Å². The van der Waals surface area contributed by atoms with Crippen LogP contribution in [-0.4, -0.2) is 25.6 Å². The molecule has 1 aromatic heterocycles. The molecule has 0 spiro atoms. The number of allylic oxidation sites excluding steroid dienone is 2. The molecule has 1 N–H and O–H groups in total. The summed E-state index contributed by atoms with van der Waals surface area (Å²) in [4.78, 5) is 15.6. The van der Waals surface area contributed by atoms with Crippen LogP contribution >= 0.6 is 0 Å². The lowest BCUT2D eigenvalue weighted by Gasteiger charge is -2.08. The molecule has 1 heterocycles. The first-order chi connectivity index (χ1) is 8.95. The lowest BCUT2D eigenvalue weighted by molar-refractivity contribution is -0.116. The first-order valence-corrected chi connectivity index (χ1v) is 7.97. The van der Waals surface area contributed by atoms with Crippen LogP contribution in [0.2, 0.25) is 0 Å². The Morgan fingerprint density at radius 1 is 1.47 bits per heavy atom. The van der Waals surface area contributed by atoms with Gasteiger partial charge in [-0.25, -0.2) is 13.4 Å². The largest absolute Gasteiger partial charge is 0.325 e. The van der Waals surface area contributed by atoms with E-state index in [9.17, 15) is 13.2 Å². The summed E-state index contributed by atoms with van der Waals surface area (Å²) in [5, 5.41) is 2.72. The Kier molecular flexibility index (Phi) is 3.99. The molecule has 2 rings (SSSR count). The van der Waals surface area contributed by atoms with Crippen LogP contribution in [0, 0.1) is 5.92 Å². The van der Waals surface area contributed by atoms with Gasteiger partial charge >= 0.3 is 0 Å². The van der Waals surface area contributed by atoms with Crippen LogP contribution in [0.5, 0.6) is 0 Å². The number of carbonyl (C=O) groups excluding carboxylic acids is 1. The van der Waals surface area contributed by atoms with Crippen LogP contribution in [0.4, 0.5) is 5.69 Å². The summed E-state index contributed by atoms with van der Waals surface area (Å²) in [6.45, 7) is 0. The first kappa shape index (κ1) is 13.7. The molecule has 1 aliphatic carbocycles. The summed E-state index contributed by atoms with van der Waals surface area (Å²) >= 11 is 0. The van der Waals surface area contributed by atoms with E-state index in [1.165, 1.54) is 12.3 Å². The van der Waals surface area contributed by atoms with Crippen LogP contribution in [0.15, 0.2) is 35.5 Å². The predicted molar refractivity (Wildman–Crippen MR) is 72.5 cm³/mol. The molecule has 5 nitrogen and oxygen atoms in total. The Morgan fingerprint density at radius 2 is 2.26 bits per heavy atom. The Balaban J connectivity index is 1.95. The number of hydrogen-bond acceptors (Lipinski definition) is 4. The zero-order valence-corrected chi connectivity index (χ0v) is 11.5. The van der Waals surface area contributed by atoms with E-state index in [0.29, 0.717) is 18.0 Å². The molecule has 0 aromatic carbocycles. The molecule has 1 atom stereocenters. The van der Waals surface area contributed by atoms with E-state index in [4.69, 9.17) is 0 Å². The van der Waals surface area contributed by atoms with E-state index in [1.54, 1.807) is 6.07 Å². The van der Waals surface area contributed by atoms with Gasteiger partial charge in [0.1, 0.15) is 0 Å². The van der Waals surface area contributed by atoms with Crippen LogP contribution in [0.3, 0.4) is 0 Å². The molecular weight excluding hydrogens is 264 g/mol. The number of anilines is 1. The number of nitrogens with zero attached hydrogens (tertiary/aromatic N) is 1. The highest BCUT2D eigenvalue weighted by molar-refractivity contribution is 7.90. The molecule has 0 aliphatic heterocycles. The third-order valence-corrected chi connectivity index (χ3v) is 3.96. The van der Waals surface area contributed by atoms with Crippen LogP contribution in [0.1, 0.15) is 19.3 Å². The molecule has 0 bridgehead atoms. The Hall–Kier alpha value is -1.69. The topological polar surface area (TPSA) is 76.1 Å². The zero-order valence-electron chi connectivity index (χ0n) is 10.7. The molecule has 0 radical (unpaired) electrons. The minimum atomic E-state index is -3.30. The van der Waals surface area contributed by atoms with Crippen LogP contribution < -0.4 is 5.32 Å². The summed E-state index contributed by atoms with van der Waals surface area (Å²) in [5.41, 5.74) is 0.513. The molecular formula is C13H16N2O3S. The van der Waals surface area contributed by atoms with Crippen molar-refractivity contribution >= 4 is 21.4 Å². The summed E-state index contributed by atoms with van der Waals surface area (Å²) in [5.74, 6) is 0.230. The molecule has 0 fully saturated rings. The van der Waals surface area contributed by atoms with Crippen molar-refractivity contribution in [3.63, 3.8) is 0 Å². The number of sulfone groups is 1. The summed E-state index contributed by atoms with van der Waals surface area (Å²) in [7, 11) is -3.30. The average Bonchev–Trinajstić information content (AvgIpc) is 2.81. The van der Waals surface area contributed by atoms with Crippen LogP contribution in [-0.2, 0) is 14.6 Å². The third-order valence-electron chi connectivity index (χ3n) is 2.96. The maximum Gasteiger partial charge on any atom is 0.225 e. The van der Waals surface area contributed by atoms with Gasteiger partial charge in [-0.15, -0.1) is 0 Å². The van der Waals surface area contributed by atoms with Gasteiger partial charge in [-0.3, -0.25) is 4.79 Å². The quantitative estimate of drug-likeness (QED) is 0.853. The van der Waals surface area contributed by atoms with Gasteiger partial charge in [0.25, 0.3) is 0 Å². The minimum absolute atomic E-state index is 0.00391. The molecule has 1 aromatic rings. The fourth-order valence-corrected chi connectivity index (χ4v) is 2.55. The maximum atomic E-state index is 11.8. The number of amides is 1. The number of carbonyl (C=O) groups is 1. The lowest BCUT2D eigenvalue weighted by Crippen LogP contribution is -2.15. The monoisotopic (exact) mass is 280 g/mol. The normalized spacial score (nSPS) is 18.5. The van der Waals surface area contributed by atoms with Gasteiger partial charge in [-0.1, -0.05) is 12.2 Å². The molecule has 1 aliphatic rings. The van der Waals surface area contributed by atoms with Crippen LogP contribution in [0.25, 0.3) is 0 Å². The standard InChI is InChI=1S/C13H16N2O3S/c1-19(17,18)13-7-6-11(9-14-13)15-12(16)8-10-4-2-3-5-10/h2,4,6-7,9-10H,3,5,8H2,1H3,(H,15,16). The lowest BCUT2D eigenvalue weighted by atomic mass is 10.1. The van der Waals surface area contributed by atoms with Crippen molar-refractivity contribution in [2.45, 2.75) is 24.3 Å². The van der Waals surface area contributed by atoms with Gasteiger partial charge in [-0.2, -0.15) is 0 Å². The number of rotatable bonds is 4. The average molecular weight is 280 g/mol. The van der Waals surface area contributed by atoms with Crippen molar-refractivity contribution < 1.29 is 13.2 Å². The zero-order chi connectivity index (χ0) is 13.9. The van der Waals surface area contributed by atoms with Gasteiger partial charge in [0, 0.05) is 12.7 Å². The molecule has 0 saturated heterocycles. The fourth-order valence-electron chi connectivity index (χ4n) is 1.99. The number of aromatic nitrogens is 1. The molecule has 0 saturated carbocycles. The highest BCUT2D eigenvalue weighted by Crippen LogP contribution is 2.21. The third kappa shape index (κ3) is 3.89. The molecule has 19 heavy (non-hydrogen) atoms. The Morgan fingerprint density at radius 3 is 2.79 bits per heavy atom. The van der Waals surface area contributed by atoms with Crippen molar-refractivity contribution in [1.29, 1.82) is 0 Å². The van der Waals surface area contributed by atoms with Gasteiger partial charge in [-0.05, 0) is 30.9 Å². The van der Waals surface area contributed by atoms with Gasteiger partial charge in [0.15, 0.2) is 14.9 Å². The summed E-state index contributed by atoms with van der Waals surface area (Å²) < 4.78 is 22.5. The smallest absolute Gasteiger partial charge is 0.225 e. The van der Waals surface area contributed by atoms with E-state index in [0.717, 1.165) is 19.1 Å². The number of hydrogen-bond donors (Lipinski definition) is 1. The second kappa shape index (κ2) is 5.52. The number of pyridine rings is 1. The van der Waals surface area contributed by atoms with E-state index in [-0.39, 0.29) is 10.9 Å². The van der Waals surface area contributed by atoms with Crippen molar-refractivity contribution in [3.05, 3.63) is 30.5 Å². The molecule has 102 valence electrons. The SMILES string of the molecule is CS(=O)(=O)c1ccc(NC(=O)CC2C=CCC2)cn1. The van der Waals surface area contributed by atoms with E-state index < -0.39 is 9.84 Å². The van der Waals surface area contributed by atoms with Gasteiger partial charge < -0.3 is 5.32 Å². The Bertz CT molecular complexity index is 591. The molecule has 6 heteroatoms. The van der Waals surface area contributed by atoms with Crippen molar-refractivity contribution in [1.82, 2.24) is 4.98 Å². The predicted octanol–water partition coefficient (Wildman–Crippen LogP) is 1.78. The molecule has 1 amide bonds. The highest BCUT2D eigenvalue weighted by atomic mass is 32.2. The summed E-state index contributed by atoms with van der Waals surface area (Å²) in [6, 6.07) is 2.94. The van der Waals surface area contributed by atoms with Crippen molar-refractivity contribution in [2.75, 3.05) is 11.6 Å². The summed E-state index contributed by atoms with van der Waals surface area (Å²) in [6.07, 6.45) is 9.09. The van der Waals surface area contributed by atoms with Crippen molar-refractivity contribution in [3.8, 4) is 0 Å². The second-order valence-corrected chi connectivity index (χ2v) is 6.64. The fraction of sp³-hybridized carbons (Fsp3) is 0.385. The Labute approximate surface area is 112 Å². The maximum absolute atomic E-state index is 11.8. The second-order valence-electron chi connectivity index (χ2n) is 4.68. The minimum Gasteiger partial charge on any atom is -0.325 e. The number of nitrogens with one attached hydrogen (secondary N) is 1. The first-order valence-electron chi connectivity index (χ1n) is 6.08. The molecule has 1 unspecified atom stereocenters. The van der Waals surface area contributed by atoms with Gasteiger partial charge in [0.05, 0.1) is 11.9 Å². The van der Waals surface area contributed by atoms with Crippen molar-refractivity contribution in [2.24, 2.45) is 5.92 Å².